The van der Waals surface area contributed by atoms with E-state index in [4.69, 9.17) is 4.74 Å². The van der Waals surface area contributed by atoms with Crippen LogP contribution >= 0.6 is 11.3 Å². The van der Waals surface area contributed by atoms with Gasteiger partial charge in [0.05, 0.1) is 0 Å². The Labute approximate surface area is 93.7 Å². The van der Waals surface area contributed by atoms with E-state index < -0.39 is 0 Å². The molecule has 1 aromatic rings. The first kappa shape index (κ1) is 10.6. The Morgan fingerprint density at radius 1 is 1.73 bits per heavy atom. The molecule has 3 nitrogen and oxygen atoms in total. The molecule has 1 amide bonds. The molecular formula is C11H15NO2S. The van der Waals surface area contributed by atoms with Gasteiger partial charge in [-0.1, -0.05) is 0 Å². The predicted molar refractivity (Wildman–Crippen MR) is 59.8 cm³/mol. The minimum absolute atomic E-state index is 0.110. The fourth-order valence-corrected chi connectivity index (χ4v) is 2.41. The number of hydrogen-bond acceptors (Lipinski definition) is 3. The van der Waals surface area contributed by atoms with Crippen molar-refractivity contribution in [2.75, 3.05) is 13.7 Å². The van der Waals surface area contributed by atoms with E-state index in [1.165, 1.54) is 5.56 Å². The summed E-state index contributed by atoms with van der Waals surface area (Å²) in [7, 11) is 1.84. The standard InChI is InChI=1S/C11H15NO2S/c1-12(7-9-4-6-15-8-9)11(13)10-3-2-5-14-10/h4,6,8,10H,2-3,5,7H2,1H3. The zero-order valence-electron chi connectivity index (χ0n) is 8.81. The molecular weight excluding hydrogens is 210 g/mol. The summed E-state index contributed by atoms with van der Waals surface area (Å²) >= 11 is 1.66. The van der Waals surface area contributed by atoms with Crippen LogP contribution in [-0.4, -0.2) is 30.6 Å². The molecule has 2 heterocycles. The van der Waals surface area contributed by atoms with E-state index in [2.05, 4.69) is 5.38 Å². The second-order valence-electron chi connectivity index (χ2n) is 3.83. The van der Waals surface area contributed by atoms with Crippen LogP contribution in [0.2, 0.25) is 0 Å². The quantitative estimate of drug-likeness (QED) is 0.786. The Kier molecular flexibility index (Phi) is 3.38. The Morgan fingerprint density at radius 3 is 3.20 bits per heavy atom. The molecule has 0 aliphatic carbocycles. The summed E-state index contributed by atoms with van der Waals surface area (Å²) in [6.07, 6.45) is 1.67. The van der Waals surface area contributed by atoms with Crippen LogP contribution in [0.1, 0.15) is 18.4 Å². The van der Waals surface area contributed by atoms with E-state index >= 15 is 0 Å². The number of thiophene rings is 1. The van der Waals surface area contributed by atoms with Gasteiger partial charge in [0.15, 0.2) is 0 Å². The van der Waals surface area contributed by atoms with Gasteiger partial charge in [-0.25, -0.2) is 0 Å². The number of carbonyl (C=O) groups excluding carboxylic acids is 1. The SMILES string of the molecule is CN(Cc1ccsc1)C(=O)C1CCCO1. The molecule has 0 spiro atoms. The van der Waals surface area contributed by atoms with Gasteiger partial charge in [-0.3, -0.25) is 4.79 Å². The minimum atomic E-state index is -0.200. The van der Waals surface area contributed by atoms with E-state index in [0.29, 0.717) is 6.54 Å². The third kappa shape index (κ3) is 2.58. The molecule has 1 fully saturated rings. The number of carbonyl (C=O) groups is 1. The van der Waals surface area contributed by atoms with Crippen molar-refractivity contribution in [3.8, 4) is 0 Å². The highest BCUT2D eigenvalue weighted by atomic mass is 32.1. The molecule has 1 saturated heterocycles. The largest absolute Gasteiger partial charge is 0.368 e. The number of rotatable bonds is 3. The molecule has 15 heavy (non-hydrogen) atoms. The summed E-state index contributed by atoms with van der Waals surface area (Å²) in [6, 6.07) is 2.05. The summed E-state index contributed by atoms with van der Waals surface area (Å²) in [6.45, 7) is 1.41. The van der Waals surface area contributed by atoms with E-state index in [1.54, 1.807) is 16.2 Å². The molecule has 1 unspecified atom stereocenters. The molecule has 0 radical (unpaired) electrons. The van der Waals surface area contributed by atoms with Crippen LogP contribution in [0.5, 0.6) is 0 Å². The van der Waals surface area contributed by atoms with E-state index in [-0.39, 0.29) is 12.0 Å². The van der Waals surface area contributed by atoms with Crippen molar-refractivity contribution in [3.63, 3.8) is 0 Å². The lowest BCUT2D eigenvalue weighted by Crippen LogP contribution is -2.35. The monoisotopic (exact) mass is 225 g/mol. The number of nitrogens with zero attached hydrogens (tertiary/aromatic N) is 1. The fraction of sp³-hybridized carbons (Fsp3) is 0.545. The molecule has 1 atom stereocenters. The average molecular weight is 225 g/mol. The van der Waals surface area contributed by atoms with Gasteiger partial charge in [0.1, 0.15) is 6.10 Å². The number of amides is 1. The second kappa shape index (κ2) is 4.77. The molecule has 1 aromatic heterocycles. The highest BCUT2D eigenvalue weighted by Crippen LogP contribution is 2.16. The molecule has 2 rings (SSSR count). The van der Waals surface area contributed by atoms with E-state index in [1.807, 2.05) is 18.5 Å². The molecule has 4 heteroatoms. The number of hydrogen-bond donors (Lipinski definition) is 0. The normalized spacial score (nSPS) is 20.5. The lowest BCUT2D eigenvalue weighted by Gasteiger charge is -2.19. The smallest absolute Gasteiger partial charge is 0.251 e. The van der Waals surface area contributed by atoms with Crippen molar-refractivity contribution in [2.45, 2.75) is 25.5 Å². The third-order valence-corrected chi connectivity index (χ3v) is 3.31. The minimum Gasteiger partial charge on any atom is -0.368 e. The van der Waals surface area contributed by atoms with Gasteiger partial charge in [0, 0.05) is 20.2 Å². The van der Waals surface area contributed by atoms with Crippen LogP contribution in [0.15, 0.2) is 16.8 Å². The van der Waals surface area contributed by atoms with Gasteiger partial charge in [-0.15, -0.1) is 0 Å². The van der Waals surface area contributed by atoms with Crippen LogP contribution in [0, 0.1) is 0 Å². The van der Waals surface area contributed by atoms with Crippen LogP contribution in [-0.2, 0) is 16.1 Å². The van der Waals surface area contributed by atoms with Gasteiger partial charge in [-0.05, 0) is 35.2 Å². The maximum atomic E-state index is 11.9. The zero-order chi connectivity index (χ0) is 10.7. The first-order chi connectivity index (χ1) is 7.27. The van der Waals surface area contributed by atoms with E-state index in [0.717, 1.165) is 19.4 Å². The number of ether oxygens (including phenoxy) is 1. The maximum Gasteiger partial charge on any atom is 0.251 e. The fourth-order valence-electron chi connectivity index (χ4n) is 1.75. The molecule has 1 aliphatic heterocycles. The lowest BCUT2D eigenvalue weighted by atomic mass is 10.2. The van der Waals surface area contributed by atoms with E-state index in [9.17, 15) is 4.79 Å². The van der Waals surface area contributed by atoms with Crippen molar-refractivity contribution >= 4 is 17.2 Å². The predicted octanol–water partition coefficient (Wildman–Crippen LogP) is 1.89. The van der Waals surface area contributed by atoms with Gasteiger partial charge in [0.2, 0.25) is 0 Å². The summed E-state index contributed by atoms with van der Waals surface area (Å²) in [5.74, 6) is 0.110. The molecule has 0 bridgehead atoms. The Balaban J connectivity index is 1.89. The highest BCUT2D eigenvalue weighted by Gasteiger charge is 2.26. The number of likely N-dealkylation sites (N-methyl/N-ethyl adjacent to an activating group) is 1. The van der Waals surface area contributed by atoms with Crippen molar-refractivity contribution in [3.05, 3.63) is 22.4 Å². The Hall–Kier alpha value is -0.870. The molecule has 0 aromatic carbocycles. The van der Waals surface area contributed by atoms with Crippen LogP contribution in [0.25, 0.3) is 0 Å². The zero-order valence-corrected chi connectivity index (χ0v) is 9.63. The van der Waals surface area contributed by atoms with Crippen molar-refractivity contribution in [1.82, 2.24) is 4.90 Å². The molecule has 1 aliphatic rings. The van der Waals surface area contributed by atoms with Crippen LogP contribution in [0.4, 0.5) is 0 Å². The molecule has 0 N–H and O–H groups in total. The van der Waals surface area contributed by atoms with Crippen molar-refractivity contribution in [2.24, 2.45) is 0 Å². The maximum absolute atomic E-state index is 11.9. The van der Waals surface area contributed by atoms with Gasteiger partial charge < -0.3 is 9.64 Å². The molecule has 82 valence electrons. The average Bonchev–Trinajstić information content (AvgIpc) is 2.88. The lowest BCUT2D eigenvalue weighted by molar-refractivity contribution is -0.140. The molecule has 0 saturated carbocycles. The summed E-state index contributed by atoms with van der Waals surface area (Å²) in [5.41, 5.74) is 1.19. The second-order valence-corrected chi connectivity index (χ2v) is 4.61. The van der Waals surface area contributed by atoms with Gasteiger partial charge >= 0.3 is 0 Å². The first-order valence-electron chi connectivity index (χ1n) is 5.15. The summed E-state index contributed by atoms with van der Waals surface area (Å²) < 4.78 is 5.37. The first-order valence-corrected chi connectivity index (χ1v) is 6.09. The third-order valence-electron chi connectivity index (χ3n) is 2.58. The summed E-state index contributed by atoms with van der Waals surface area (Å²) in [5, 5.41) is 4.10. The van der Waals surface area contributed by atoms with Crippen LogP contribution in [0.3, 0.4) is 0 Å². The highest BCUT2D eigenvalue weighted by molar-refractivity contribution is 7.07. The van der Waals surface area contributed by atoms with Crippen molar-refractivity contribution in [1.29, 1.82) is 0 Å². The van der Waals surface area contributed by atoms with Gasteiger partial charge in [0.25, 0.3) is 5.91 Å². The Morgan fingerprint density at radius 2 is 2.60 bits per heavy atom. The van der Waals surface area contributed by atoms with Crippen LogP contribution < -0.4 is 0 Å². The van der Waals surface area contributed by atoms with Crippen molar-refractivity contribution < 1.29 is 9.53 Å². The topological polar surface area (TPSA) is 29.5 Å². The Bertz CT molecular complexity index is 317. The van der Waals surface area contributed by atoms with Gasteiger partial charge in [-0.2, -0.15) is 11.3 Å². The summed E-state index contributed by atoms with van der Waals surface area (Å²) in [4.78, 5) is 13.6.